The molecule has 1 aliphatic heterocycles. The first-order chi connectivity index (χ1) is 20.3. The minimum Gasteiger partial charge on any atom is -0.480 e. The van der Waals surface area contributed by atoms with E-state index in [1.165, 1.54) is 25.7 Å². The number of hydrogen-bond acceptors (Lipinski definition) is 10. The molecule has 0 unspecified atom stereocenters. The smallest absolute Gasteiger partial charge is 0.480 e. The van der Waals surface area contributed by atoms with E-state index in [0.29, 0.717) is 34.2 Å². The van der Waals surface area contributed by atoms with Crippen molar-refractivity contribution in [3.05, 3.63) is 60.6 Å². The molecule has 0 radical (unpaired) electrons. The maximum atomic E-state index is 14.2. The Hall–Kier alpha value is -4.71. The normalized spacial score (nSPS) is 13.7. The lowest BCUT2D eigenvalue weighted by molar-refractivity contribution is -0.192. The fourth-order valence-corrected chi connectivity index (χ4v) is 5.03. The summed E-state index contributed by atoms with van der Waals surface area (Å²) in [4.78, 5) is 28.0. The molecule has 1 fully saturated rings. The third-order valence-electron chi connectivity index (χ3n) is 5.89. The van der Waals surface area contributed by atoms with Crippen LogP contribution in [0.25, 0.3) is 22.3 Å². The van der Waals surface area contributed by atoms with E-state index in [2.05, 4.69) is 29.9 Å². The van der Waals surface area contributed by atoms with Gasteiger partial charge in [0, 0.05) is 44.0 Å². The first-order valence-electron chi connectivity index (χ1n) is 12.2. The van der Waals surface area contributed by atoms with Crippen molar-refractivity contribution in [1.29, 1.82) is 0 Å². The fraction of sp³-hybridized carbons (Fsp3) is 0.240. The minimum absolute atomic E-state index is 0.0320. The molecule has 0 atom stereocenters. The highest BCUT2D eigenvalue weighted by Gasteiger charge is 2.38. The van der Waals surface area contributed by atoms with Gasteiger partial charge in [-0.25, -0.2) is 41.9 Å². The van der Waals surface area contributed by atoms with Crippen LogP contribution in [-0.4, -0.2) is 78.9 Å². The van der Waals surface area contributed by atoms with Crippen LogP contribution < -0.4 is 19.7 Å². The van der Waals surface area contributed by atoms with Crippen molar-refractivity contribution in [2.45, 2.75) is 11.1 Å². The number of methoxy groups -OCH3 is 1. The summed E-state index contributed by atoms with van der Waals surface area (Å²) in [5, 5.41) is 10.4. The lowest BCUT2D eigenvalue weighted by Gasteiger charge is -2.28. The molecule has 1 saturated heterocycles. The predicted octanol–water partition coefficient (Wildman–Crippen LogP) is 3.22. The number of hydrogen-bond donors (Lipinski definition) is 3. The Morgan fingerprint density at radius 3 is 2.40 bits per heavy atom. The van der Waals surface area contributed by atoms with E-state index in [1.54, 1.807) is 12.1 Å². The van der Waals surface area contributed by atoms with Crippen LogP contribution in [0.2, 0.25) is 0 Å². The number of sulfonamides is 1. The molecule has 43 heavy (non-hydrogen) atoms. The number of aliphatic carboxylic acids is 1. The van der Waals surface area contributed by atoms with Crippen LogP contribution in [0.4, 0.5) is 33.5 Å². The molecular weight excluding hydrogens is 605 g/mol. The number of carboxylic acids is 1. The Labute approximate surface area is 240 Å². The third-order valence-corrected chi connectivity index (χ3v) is 7.29. The number of ether oxygens (including phenoxy) is 1. The summed E-state index contributed by atoms with van der Waals surface area (Å²) >= 11 is 0. The molecule has 3 aromatic heterocycles. The monoisotopic (exact) mass is 627 g/mol. The number of alkyl halides is 3. The SMILES string of the molecule is COc1ncc(-c2ccc3ncnc(N4CCNCC4)c3n2)cc1NS(=O)(=O)c1ccc(F)cc1F.O=C(O)C(F)(F)F. The molecule has 5 rings (SSSR count). The number of halogens is 5. The van der Waals surface area contributed by atoms with Crippen molar-refractivity contribution < 1.29 is 45.0 Å². The van der Waals surface area contributed by atoms with Gasteiger partial charge in [-0.3, -0.25) is 4.72 Å². The molecule has 4 aromatic rings. The quantitative estimate of drug-likeness (QED) is 0.270. The summed E-state index contributed by atoms with van der Waals surface area (Å²) in [5.41, 5.74) is 2.20. The second-order valence-corrected chi connectivity index (χ2v) is 10.4. The van der Waals surface area contributed by atoms with Crippen molar-refractivity contribution >= 4 is 38.5 Å². The number of piperazine rings is 1. The maximum absolute atomic E-state index is 14.2. The van der Waals surface area contributed by atoms with Crippen LogP contribution in [-0.2, 0) is 14.8 Å². The van der Waals surface area contributed by atoms with Crippen molar-refractivity contribution in [1.82, 2.24) is 25.3 Å². The van der Waals surface area contributed by atoms with E-state index >= 15 is 0 Å². The van der Waals surface area contributed by atoms with E-state index in [0.717, 1.165) is 38.3 Å². The Morgan fingerprint density at radius 1 is 1.07 bits per heavy atom. The van der Waals surface area contributed by atoms with Crippen molar-refractivity contribution in [2.24, 2.45) is 0 Å². The van der Waals surface area contributed by atoms with Gasteiger partial charge in [0.25, 0.3) is 10.0 Å². The highest BCUT2D eigenvalue weighted by molar-refractivity contribution is 7.92. The number of aromatic nitrogens is 4. The van der Waals surface area contributed by atoms with E-state index in [9.17, 15) is 30.4 Å². The summed E-state index contributed by atoms with van der Waals surface area (Å²) in [6, 6.07) is 7.22. The van der Waals surface area contributed by atoms with Gasteiger partial charge in [-0.15, -0.1) is 0 Å². The summed E-state index contributed by atoms with van der Waals surface area (Å²) in [6.07, 6.45) is -2.10. The lowest BCUT2D eigenvalue weighted by Crippen LogP contribution is -2.44. The Bertz CT molecular complexity index is 1750. The third kappa shape index (κ3) is 7.39. The molecule has 4 heterocycles. The molecular formula is C25H22F5N7O5S. The van der Waals surface area contributed by atoms with Gasteiger partial charge >= 0.3 is 12.1 Å². The number of benzene rings is 1. The highest BCUT2D eigenvalue weighted by Crippen LogP contribution is 2.31. The molecule has 12 nitrogen and oxygen atoms in total. The molecule has 0 spiro atoms. The van der Waals surface area contributed by atoms with Crippen LogP contribution in [0, 0.1) is 11.6 Å². The number of rotatable bonds is 6. The summed E-state index contributed by atoms with van der Waals surface area (Å²) in [6.45, 7) is 3.19. The van der Waals surface area contributed by atoms with Crippen molar-refractivity contribution in [3.63, 3.8) is 0 Å². The van der Waals surface area contributed by atoms with Gasteiger partial charge in [0.05, 0.1) is 18.3 Å². The zero-order valence-corrected chi connectivity index (χ0v) is 22.9. The molecule has 1 aromatic carbocycles. The second kappa shape index (κ2) is 12.7. The predicted molar refractivity (Wildman–Crippen MR) is 143 cm³/mol. The molecule has 0 saturated carbocycles. The van der Waals surface area contributed by atoms with Crippen LogP contribution in [0.1, 0.15) is 0 Å². The highest BCUT2D eigenvalue weighted by atomic mass is 32.2. The number of nitrogens with zero attached hydrogens (tertiary/aromatic N) is 5. The van der Waals surface area contributed by atoms with Crippen molar-refractivity contribution in [3.8, 4) is 17.1 Å². The summed E-state index contributed by atoms with van der Waals surface area (Å²) < 4.78 is 92.3. The van der Waals surface area contributed by atoms with Gasteiger partial charge in [-0.2, -0.15) is 13.2 Å². The average molecular weight is 628 g/mol. The molecule has 3 N–H and O–H groups in total. The van der Waals surface area contributed by atoms with Gasteiger partial charge in [0.1, 0.15) is 34.1 Å². The number of anilines is 2. The summed E-state index contributed by atoms with van der Waals surface area (Å²) in [5.74, 6) is -4.19. The van der Waals surface area contributed by atoms with E-state index in [4.69, 9.17) is 19.6 Å². The van der Waals surface area contributed by atoms with Crippen LogP contribution >= 0.6 is 0 Å². The second-order valence-electron chi connectivity index (χ2n) is 8.76. The molecule has 0 aliphatic carbocycles. The molecule has 0 amide bonds. The van der Waals surface area contributed by atoms with Gasteiger partial charge in [0.15, 0.2) is 5.82 Å². The largest absolute Gasteiger partial charge is 0.490 e. The fourth-order valence-electron chi connectivity index (χ4n) is 3.92. The van der Waals surface area contributed by atoms with E-state index in [1.807, 2.05) is 0 Å². The van der Waals surface area contributed by atoms with Crippen LogP contribution in [0.3, 0.4) is 0 Å². The number of fused-ring (bicyclic) bond motifs is 1. The zero-order chi connectivity index (χ0) is 31.4. The number of carbonyl (C=O) groups is 1. The molecule has 228 valence electrons. The molecule has 1 aliphatic rings. The lowest BCUT2D eigenvalue weighted by atomic mass is 10.1. The van der Waals surface area contributed by atoms with Gasteiger partial charge < -0.3 is 20.1 Å². The standard InChI is InChI=1S/C23H21F2N7O3S.C2HF3O2/c1-35-23-19(31-36(33,34)20-5-2-15(24)11-16(20)25)10-14(12-27-23)17-3-4-18-21(30-17)22(29-13-28-18)32-8-6-26-7-9-32;3-2(4,5)1(6)7/h2-5,10-13,26,31H,6-9H2,1H3;(H,6,7). The Kier molecular flexibility index (Phi) is 9.19. The van der Waals surface area contributed by atoms with Gasteiger partial charge in [0.2, 0.25) is 5.88 Å². The van der Waals surface area contributed by atoms with Crippen LogP contribution in [0.15, 0.2) is 53.8 Å². The maximum Gasteiger partial charge on any atom is 0.490 e. The average Bonchev–Trinajstić information content (AvgIpc) is 2.96. The van der Waals surface area contributed by atoms with E-state index < -0.39 is 38.7 Å². The first kappa shape index (κ1) is 31.2. The number of pyridine rings is 2. The topological polar surface area (TPSA) is 160 Å². The number of carboxylic acid groups (broad SMARTS) is 1. The minimum atomic E-state index is -5.08. The van der Waals surface area contributed by atoms with Gasteiger partial charge in [-0.05, 0) is 30.3 Å². The van der Waals surface area contributed by atoms with Crippen LogP contribution in [0.5, 0.6) is 5.88 Å². The molecule has 0 bridgehead atoms. The van der Waals surface area contributed by atoms with Crippen molar-refractivity contribution in [2.75, 3.05) is 42.9 Å². The first-order valence-corrected chi connectivity index (χ1v) is 13.7. The summed E-state index contributed by atoms with van der Waals surface area (Å²) in [7, 11) is -3.09. The zero-order valence-electron chi connectivity index (χ0n) is 22.1. The Morgan fingerprint density at radius 2 is 1.77 bits per heavy atom. The molecule has 18 heteroatoms. The van der Waals surface area contributed by atoms with E-state index in [-0.39, 0.29) is 11.6 Å². The Balaban J connectivity index is 0.000000541. The van der Waals surface area contributed by atoms with Gasteiger partial charge in [-0.1, -0.05) is 0 Å². The number of nitrogens with one attached hydrogen (secondary N) is 2.